The van der Waals surface area contributed by atoms with Gasteiger partial charge < -0.3 is 15.3 Å². The molecule has 1 aliphatic heterocycles. The summed E-state index contributed by atoms with van der Waals surface area (Å²) in [4.78, 5) is 14.2. The lowest BCUT2D eigenvalue weighted by atomic mass is 9.71. The number of nitrogens with one attached hydrogen (secondary N) is 1. The SMILES string of the molecule is CC1(C)CN(C(=O)NC2CCCCC2)CC[C@@]1(C)O. The van der Waals surface area contributed by atoms with Crippen LogP contribution in [0.2, 0.25) is 0 Å². The average molecular weight is 268 g/mol. The molecule has 2 fully saturated rings. The van der Waals surface area contributed by atoms with Crippen molar-refractivity contribution in [2.75, 3.05) is 13.1 Å². The van der Waals surface area contributed by atoms with Gasteiger partial charge in [-0.3, -0.25) is 0 Å². The van der Waals surface area contributed by atoms with Crippen LogP contribution >= 0.6 is 0 Å². The van der Waals surface area contributed by atoms with E-state index >= 15 is 0 Å². The molecule has 0 radical (unpaired) electrons. The Morgan fingerprint density at radius 1 is 1.21 bits per heavy atom. The number of hydrogen-bond acceptors (Lipinski definition) is 2. The molecule has 0 bridgehead atoms. The van der Waals surface area contributed by atoms with Crippen LogP contribution in [-0.4, -0.2) is 40.8 Å². The molecule has 0 aromatic carbocycles. The molecule has 0 spiro atoms. The van der Waals surface area contributed by atoms with Crippen molar-refractivity contribution < 1.29 is 9.90 Å². The fourth-order valence-corrected chi connectivity index (χ4v) is 3.10. The number of carbonyl (C=O) groups excluding carboxylic acids is 1. The maximum Gasteiger partial charge on any atom is 0.317 e. The smallest absolute Gasteiger partial charge is 0.317 e. The minimum absolute atomic E-state index is 0.0514. The average Bonchev–Trinajstić information content (AvgIpc) is 2.34. The van der Waals surface area contributed by atoms with E-state index in [9.17, 15) is 9.90 Å². The van der Waals surface area contributed by atoms with E-state index < -0.39 is 5.60 Å². The van der Waals surface area contributed by atoms with Crippen molar-refractivity contribution in [3.05, 3.63) is 0 Å². The van der Waals surface area contributed by atoms with E-state index in [-0.39, 0.29) is 11.4 Å². The van der Waals surface area contributed by atoms with Crippen LogP contribution in [-0.2, 0) is 0 Å². The molecule has 1 heterocycles. The van der Waals surface area contributed by atoms with Crippen LogP contribution in [0, 0.1) is 5.41 Å². The number of rotatable bonds is 1. The van der Waals surface area contributed by atoms with Gasteiger partial charge in [0.15, 0.2) is 0 Å². The van der Waals surface area contributed by atoms with Gasteiger partial charge in [-0.2, -0.15) is 0 Å². The molecule has 0 unspecified atom stereocenters. The van der Waals surface area contributed by atoms with Crippen molar-refractivity contribution in [2.45, 2.75) is 70.9 Å². The number of aliphatic hydroxyl groups is 1. The molecule has 2 N–H and O–H groups in total. The predicted molar refractivity (Wildman–Crippen MR) is 76.0 cm³/mol. The van der Waals surface area contributed by atoms with E-state index in [4.69, 9.17) is 0 Å². The van der Waals surface area contributed by atoms with Gasteiger partial charge in [-0.05, 0) is 26.2 Å². The molecule has 0 aromatic heterocycles. The number of likely N-dealkylation sites (tertiary alicyclic amines) is 1. The normalized spacial score (nSPS) is 32.1. The monoisotopic (exact) mass is 268 g/mol. The fourth-order valence-electron chi connectivity index (χ4n) is 3.10. The summed E-state index contributed by atoms with van der Waals surface area (Å²) in [7, 11) is 0. The molecule has 4 heteroatoms. The van der Waals surface area contributed by atoms with Gasteiger partial charge in [0.2, 0.25) is 0 Å². The maximum absolute atomic E-state index is 12.3. The van der Waals surface area contributed by atoms with Crippen LogP contribution < -0.4 is 5.32 Å². The zero-order valence-electron chi connectivity index (χ0n) is 12.5. The first-order valence-corrected chi connectivity index (χ1v) is 7.60. The number of hydrogen-bond donors (Lipinski definition) is 2. The lowest BCUT2D eigenvalue weighted by Crippen LogP contribution is -2.59. The van der Waals surface area contributed by atoms with Gasteiger partial charge in [0.1, 0.15) is 0 Å². The first-order chi connectivity index (χ1) is 8.82. The Hall–Kier alpha value is -0.770. The number of piperidine rings is 1. The summed E-state index contributed by atoms with van der Waals surface area (Å²) in [5.41, 5.74) is -0.941. The van der Waals surface area contributed by atoms with Gasteiger partial charge in [-0.25, -0.2) is 4.79 Å². The quantitative estimate of drug-likeness (QED) is 0.768. The third kappa shape index (κ3) is 3.22. The van der Waals surface area contributed by atoms with Crippen LogP contribution in [0.1, 0.15) is 59.3 Å². The highest BCUT2D eigenvalue weighted by molar-refractivity contribution is 5.74. The number of amides is 2. The topological polar surface area (TPSA) is 52.6 Å². The Bertz CT molecular complexity index is 333. The third-order valence-corrected chi connectivity index (χ3v) is 5.13. The van der Waals surface area contributed by atoms with Gasteiger partial charge >= 0.3 is 6.03 Å². The minimum Gasteiger partial charge on any atom is -0.389 e. The Kier molecular flexibility index (Phi) is 4.09. The highest BCUT2D eigenvalue weighted by atomic mass is 16.3. The maximum atomic E-state index is 12.3. The summed E-state index contributed by atoms with van der Waals surface area (Å²) in [6, 6.07) is 0.405. The zero-order valence-corrected chi connectivity index (χ0v) is 12.5. The fraction of sp³-hybridized carbons (Fsp3) is 0.933. The molecule has 1 saturated carbocycles. The third-order valence-electron chi connectivity index (χ3n) is 5.13. The van der Waals surface area contributed by atoms with Gasteiger partial charge in [-0.15, -0.1) is 0 Å². The van der Waals surface area contributed by atoms with E-state index in [0.717, 1.165) is 12.8 Å². The van der Waals surface area contributed by atoms with E-state index in [1.54, 1.807) is 0 Å². The number of nitrogens with zero attached hydrogens (tertiary/aromatic N) is 1. The Morgan fingerprint density at radius 3 is 2.42 bits per heavy atom. The lowest BCUT2D eigenvalue weighted by Gasteiger charge is -2.48. The molecule has 19 heavy (non-hydrogen) atoms. The van der Waals surface area contributed by atoms with E-state index in [2.05, 4.69) is 5.32 Å². The lowest BCUT2D eigenvalue weighted by molar-refractivity contribution is -0.0956. The van der Waals surface area contributed by atoms with Crippen molar-refractivity contribution in [1.82, 2.24) is 10.2 Å². The summed E-state index contributed by atoms with van der Waals surface area (Å²) in [6.45, 7) is 7.22. The van der Waals surface area contributed by atoms with Gasteiger partial charge in [-0.1, -0.05) is 33.1 Å². The highest BCUT2D eigenvalue weighted by Crippen LogP contribution is 2.38. The highest BCUT2D eigenvalue weighted by Gasteiger charge is 2.45. The van der Waals surface area contributed by atoms with Crippen LogP contribution in [0.25, 0.3) is 0 Å². The molecule has 1 atom stereocenters. The summed E-state index contributed by atoms with van der Waals surface area (Å²) in [5.74, 6) is 0. The minimum atomic E-state index is -0.686. The van der Waals surface area contributed by atoms with Crippen molar-refractivity contribution in [1.29, 1.82) is 0 Å². The second-order valence-electron chi connectivity index (χ2n) is 7.11. The van der Waals surface area contributed by atoms with Gasteiger partial charge in [0.05, 0.1) is 5.60 Å². The van der Waals surface area contributed by atoms with Crippen molar-refractivity contribution in [2.24, 2.45) is 5.41 Å². The largest absolute Gasteiger partial charge is 0.389 e. The second kappa shape index (κ2) is 5.31. The summed E-state index contributed by atoms with van der Waals surface area (Å²) in [5, 5.41) is 13.5. The number of carbonyl (C=O) groups is 1. The van der Waals surface area contributed by atoms with Gasteiger partial charge in [0.25, 0.3) is 0 Å². The Balaban J connectivity index is 1.90. The molecule has 1 saturated heterocycles. The molecular formula is C15H28N2O2. The van der Waals surface area contributed by atoms with Crippen molar-refractivity contribution in [3.8, 4) is 0 Å². The van der Waals surface area contributed by atoms with Crippen LogP contribution in [0.3, 0.4) is 0 Å². The van der Waals surface area contributed by atoms with Crippen LogP contribution in [0.4, 0.5) is 4.79 Å². The molecule has 2 rings (SSSR count). The standard InChI is InChI=1S/C15H28N2O2/c1-14(2)11-17(10-9-15(14,3)19)13(18)16-12-7-5-4-6-8-12/h12,19H,4-11H2,1-3H3,(H,16,18)/t15-/m1/s1. The number of urea groups is 1. The van der Waals surface area contributed by atoms with Crippen LogP contribution in [0.5, 0.6) is 0 Å². The Morgan fingerprint density at radius 2 is 1.84 bits per heavy atom. The summed E-state index contributed by atoms with van der Waals surface area (Å²) < 4.78 is 0. The molecule has 110 valence electrons. The zero-order chi connectivity index (χ0) is 14.1. The summed E-state index contributed by atoms with van der Waals surface area (Å²) >= 11 is 0. The van der Waals surface area contributed by atoms with Crippen molar-refractivity contribution >= 4 is 6.03 Å². The first kappa shape index (κ1) is 14.6. The van der Waals surface area contributed by atoms with Crippen molar-refractivity contribution in [3.63, 3.8) is 0 Å². The molecule has 2 amide bonds. The molecule has 4 nitrogen and oxygen atoms in total. The summed E-state index contributed by atoms with van der Waals surface area (Å²) in [6.07, 6.45) is 6.63. The molecule has 1 aliphatic carbocycles. The van der Waals surface area contributed by atoms with Crippen LogP contribution in [0.15, 0.2) is 0 Å². The first-order valence-electron chi connectivity index (χ1n) is 7.60. The van der Waals surface area contributed by atoms with E-state index in [1.807, 2.05) is 25.7 Å². The molecule has 2 aliphatic rings. The second-order valence-corrected chi connectivity index (χ2v) is 7.11. The van der Waals surface area contributed by atoms with Gasteiger partial charge in [0, 0.05) is 24.5 Å². The van der Waals surface area contributed by atoms with E-state index in [1.165, 1.54) is 19.3 Å². The Labute approximate surface area is 116 Å². The molecular weight excluding hydrogens is 240 g/mol. The van der Waals surface area contributed by atoms with E-state index in [0.29, 0.717) is 25.6 Å². The predicted octanol–water partition coefficient (Wildman–Crippen LogP) is 2.51. The molecule has 0 aromatic rings.